The molecule has 2 heterocycles. The van der Waals surface area contributed by atoms with Gasteiger partial charge >= 0.3 is 0 Å². The maximum Gasteiger partial charge on any atom is 0.118 e. The van der Waals surface area contributed by atoms with Gasteiger partial charge in [0.15, 0.2) is 0 Å². The highest BCUT2D eigenvalue weighted by molar-refractivity contribution is 5.07. The van der Waals surface area contributed by atoms with Gasteiger partial charge in [0.2, 0.25) is 0 Å². The van der Waals surface area contributed by atoms with Crippen LogP contribution in [-0.2, 0) is 13.1 Å². The fraction of sp³-hybridized carbons (Fsp3) is 0.714. The van der Waals surface area contributed by atoms with Crippen molar-refractivity contribution in [1.29, 1.82) is 0 Å². The maximum absolute atomic E-state index is 5.78. The van der Waals surface area contributed by atoms with Crippen molar-refractivity contribution in [2.24, 2.45) is 11.8 Å². The smallest absolute Gasteiger partial charge is 0.118 e. The molecule has 1 fully saturated rings. The van der Waals surface area contributed by atoms with Crippen molar-refractivity contribution >= 4 is 0 Å². The summed E-state index contributed by atoms with van der Waals surface area (Å²) in [6.07, 6.45) is 1.31. The van der Waals surface area contributed by atoms with Gasteiger partial charge in [-0.1, -0.05) is 13.8 Å². The van der Waals surface area contributed by atoms with Crippen LogP contribution in [0.25, 0.3) is 0 Å². The lowest BCUT2D eigenvalue weighted by molar-refractivity contribution is 0.124. The minimum atomic E-state index is 0.801. The van der Waals surface area contributed by atoms with Crippen molar-refractivity contribution in [3.63, 3.8) is 0 Å². The van der Waals surface area contributed by atoms with Crippen molar-refractivity contribution in [2.75, 3.05) is 20.1 Å². The molecule has 1 aliphatic heterocycles. The largest absolute Gasteiger partial charge is 0.463 e. The molecule has 2 rings (SSSR count). The molecule has 1 saturated heterocycles. The summed E-state index contributed by atoms with van der Waals surface area (Å²) in [5.74, 6) is 3.79. The normalized spacial score (nSPS) is 26.3. The van der Waals surface area contributed by atoms with Gasteiger partial charge in [-0.15, -0.1) is 0 Å². The molecule has 0 bridgehead atoms. The Kier molecular flexibility index (Phi) is 4.24. The number of nitrogens with one attached hydrogen (secondary N) is 1. The maximum atomic E-state index is 5.78. The molecule has 2 atom stereocenters. The van der Waals surface area contributed by atoms with Crippen LogP contribution in [0.4, 0.5) is 0 Å². The number of hydrogen-bond acceptors (Lipinski definition) is 3. The number of likely N-dealkylation sites (tertiary alicyclic amines) is 1. The molecule has 3 nitrogen and oxygen atoms in total. The van der Waals surface area contributed by atoms with E-state index in [-0.39, 0.29) is 0 Å². The van der Waals surface area contributed by atoms with E-state index in [1.54, 1.807) is 0 Å². The SMILES string of the molecule is CNCc1ccc(CN2CCC(C)C(C)C2)o1. The standard InChI is InChI=1S/C14H24N2O/c1-11-6-7-16(9-12(11)2)10-14-5-4-13(17-14)8-15-3/h4-5,11-12,15H,6-10H2,1-3H3. The Morgan fingerprint density at radius 1 is 1.29 bits per heavy atom. The highest BCUT2D eigenvalue weighted by atomic mass is 16.3. The molecule has 17 heavy (non-hydrogen) atoms. The lowest BCUT2D eigenvalue weighted by Crippen LogP contribution is -2.37. The second-order valence-electron chi connectivity index (χ2n) is 5.38. The molecule has 1 aromatic heterocycles. The van der Waals surface area contributed by atoms with Crippen molar-refractivity contribution in [2.45, 2.75) is 33.4 Å². The lowest BCUT2D eigenvalue weighted by Gasteiger charge is -2.34. The second-order valence-corrected chi connectivity index (χ2v) is 5.38. The molecule has 96 valence electrons. The summed E-state index contributed by atoms with van der Waals surface area (Å²) in [4.78, 5) is 2.51. The first-order valence-electron chi connectivity index (χ1n) is 6.63. The van der Waals surface area contributed by atoms with E-state index in [0.29, 0.717) is 0 Å². The predicted octanol–water partition coefficient (Wildman–Crippen LogP) is 2.48. The summed E-state index contributed by atoms with van der Waals surface area (Å²) in [7, 11) is 1.94. The molecule has 1 N–H and O–H groups in total. The van der Waals surface area contributed by atoms with E-state index < -0.39 is 0 Å². The Balaban J connectivity index is 1.87. The van der Waals surface area contributed by atoms with E-state index >= 15 is 0 Å². The minimum Gasteiger partial charge on any atom is -0.463 e. The molecule has 0 radical (unpaired) electrons. The Morgan fingerprint density at radius 3 is 2.76 bits per heavy atom. The molecule has 2 unspecified atom stereocenters. The molecular formula is C14H24N2O. The summed E-state index contributed by atoms with van der Waals surface area (Å²) in [5.41, 5.74) is 0. The van der Waals surface area contributed by atoms with Gasteiger partial charge in [0.25, 0.3) is 0 Å². The monoisotopic (exact) mass is 236 g/mol. The van der Waals surface area contributed by atoms with Crippen molar-refractivity contribution in [3.05, 3.63) is 23.7 Å². The van der Waals surface area contributed by atoms with E-state index in [9.17, 15) is 0 Å². The Labute approximate surface area is 104 Å². The average molecular weight is 236 g/mol. The summed E-state index contributed by atoms with van der Waals surface area (Å²) in [6, 6.07) is 4.18. The van der Waals surface area contributed by atoms with Crippen molar-refractivity contribution in [3.8, 4) is 0 Å². The quantitative estimate of drug-likeness (QED) is 0.870. The van der Waals surface area contributed by atoms with Crippen LogP contribution in [-0.4, -0.2) is 25.0 Å². The van der Waals surface area contributed by atoms with E-state index in [1.807, 2.05) is 7.05 Å². The van der Waals surface area contributed by atoms with Crippen molar-refractivity contribution in [1.82, 2.24) is 10.2 Å². The zero-order valence-electron chi connectivity index (χ0n) is 11.2. The molecule has 0 amide bonds. The van der Waals surface area contributed by atoms with Crippen LogP contribution in [0.2, 0.25) is 0 Å². The topological polar surface area (TPSA) is 28.4 Å². The fourth-order valence-corrected chi connectivity index (χ4v) is 2.49. The van der Waals surface area contributed by atoms with Crippen LogP contribution < -0.4 is 5.32 Å². The number of furan rings is 1. The third-order valence-corrected chi connectivity index (χ3v) is 3.87. The van der Waals surface area contributed by atoms with Gasteiger partial charge in [0.1, 0.15) is 11.5 Å². The summed E-state index contributed by atoms with van der Waals surface area (Å²) in [5, 5.41) is 3.11. The van der Waals surface area contributed by atoms with E-state index in [4.69, 9.17) is 4.42 Å². The number of hydrogen-bond donors (Lipinski definition) is 1. The van der Waals surface area contributed by atoms with E-state index in [2.05, 4.69) is 36.2 Å². The van der Waals surface area contributed by atoms with E-state index in [1.165, 1.54) is 19.5 Å². The van der Waals surface area contributed by atoms with Gasteiger partial charge in [-0.2, -0.15) is 0 Å². The van der Waals surface area contributed by atoms with Crippen LogP contribution in [0, 0.1) is 11.8 Å². The van der Waals surface area contributed by atoms with Crippen LogP contribution in [0.15, 0.2) is 16.5 Å². The molecule has 3 heteroatoms. The summed E-state index contributed by atoms with van der Waals surface area (Å²) in [6.45, 7) is 8.89. The van der Waals surface area contributed by atoms with Gasteiger partial charge in [-0.25, -0.2) is 0 Å². The lowest BCUT2D eigenvalue weighted by atomic mass is 9.89. The highest BCUT2D eigenvalue weighted by Crippen LogP contribution is 2.24. The first-order chi connectivity index (χ1) is 8.19. The number of piperidine rings is 1. The number of nitrogens with zero attached hydrogens (tertiary/aromatic N) is 1. The molecule has 1 aromatic rings. The Morgan fingerprint density at radius 2 is 2.06 bits per heavy atom. The Bertz CT molecular complexity index is 348. The first kappa shape index (κ1) is 12.7. The van der Waals surface area contributed by atoms with Gasteiger partial charge in [-0.05, 0) is 44.0 Å². The van der Waals surface area contributed by atoms with Crippen LogP contribution in [0.3, 0.4) is 0 Å². The molecule has 0 aliphatic carbocycles. The third-order valence-electron chi connectivity index (χ3n) is 3.87. The highest BCUT2D eigenvalue weighted by Gasteiger charge is 2.23. The summed E-state index contributed by atoms with van der Waals surface area (Å²) >= 11 is 0. The Hall–Kier alpha value is -0.800. The minimum absolute atomic E-state index is 0.801. The van der Waals surface area contributed by atoms with Crippen LogP contribution >= 0.6 is 0 Å². The molecule has 1 aliphatic rings. The molecular weight excluding hydrogens is 212 g/mol. The summed E-state index contributed by atoms with van der Waals surface area (Å²) < 4.78 is 5.78. The van der Waals surface area contributed by atoms with E-state index in [0.717, 1.165) is 36.4 Å². The average Bonchev–Trinajstić information content (AvgIpc) is 2.72. The predicted molar refractivity (Wildman–Crippen MR) is 69.7 cm³/mol. The van der Waals surface area contributed by atoms with Crippen LogP contribution in [0.1, 0.15) is 31.8 Å². The van der Waals surface area contributed by atoms with Crippen LogP contribution in [0.5, 0.6) is 0 Å². The number of rotatable bonds is 4. The van der Waals surface area contributed by atoms with Gasteiger partial charge in [0.05, 0.1) is 13.1 Å². The zero-order chi connectivity index (χ0) is 12.3. The third kappa shape index (κ3) is 3.33. The second kappa shape index (κ2) is 5.69. The fourth-order valence-electron chi connectivity index (χ4n) is 2.49. The molecule has 0 aromatic carbocycles. The molecule has 0 saturated carbocycles. The molecule has 0 spiro atoms. The van der Waals surface area contributed by atoms with Crippen molar-refractivity contribution < 1.29 is 4.42 Å². The van der Waals surface area contributed by atoms with Gasteiger partial charge < -0.3 is 9.73 Å². The first-order valence-corrected chi connectivity index (χ1v) is 6.63. The van der Waals surface area contributed by atoms with Gasteiger partial charge in [0, 0.05) is 6.54 Å². The zero-order valence-corrected chi connectivity index (χ0v) is 11.2. The van der Waals surface area contributed by atoms with Gasteiger partial charge in [-0.3, -0.25) is 4.90 Å².